The molecule has 3 saturated heterocycles. The fraction of sp³-hybridized carbons (Fsp3) is 0.500. The number of nitrogens with one attached hydrogen (secondary N) is 1. The predicted molar refractivity (Wildman–Crippen MR) is 146 cm³/mol. The normalized spacial score (nSPS) is 26.1. The predicted octanol–water partition coefficient (Wildman–Crippen LogP) is 1.57. The van der Waals surface area contributed by atoms with Crippen molar-refractivity contribution in [3.63, 3.8) is 0 Å². The van der Waals surface area contributed by atoms with Gasteiger partial charge in [0.05, 0.1) is 16.8 Å². The first-order valence-electron chi connectivity index (χ1n) is 13.9. The maximum atomic E-state index is 13.8. The largest absolute Gasteiger partial charge is 0.368 e. The third-order valence-corrected chi connectivity index (χ3v) is 9.29. The third kappa shape index (κ3) is 3.76. The van der Waals surface area contributed by atoms with Crippen molar-refractivity contribution >= 4 is 40.6 Å². The van der Waals surface area contributed by atoms with Gasteiger partial charge in [0, 0.05) is 68.5 Å². The number of nitro groups is 1. The van der Waals surface area contributed by atoms with Gasteiger partial charge in [-0.3, -0.25) is 29.5 Å². The summed E-state index contributed by atoms with van der Waals surface area (Å²) < 4.78 is 0. The van der Waals surface area contributed by atoms with Gasteiger partial charge in [-0.05, 0) is 54.3 Å². The first kappa shape index (κ1) is 24.9. The van der Waals surface area contributed by atoms with Crippen molar-refractivity contribution in [1.82, 2.24) is 15.2 Å². The van der Waals surface area contributed by atoms with Crippen molar-refractivity contribution in [2.24, 2.45) is 0 Å². The second kappa shape index (κ2) is 8.98. The Hall–Kier alpha value is -4.06. The minimum Gasteiger partial charge on any atom is -0.368 e. The number of carbonyl (C=O) groups is 3. The fourth-order valence-corrected chi connectivity index (χ4v) is 7.04. The lowest BCUT2D eigenvalue weighted by atomic mass is 9.94. The van der Waals surface area contributed by atoms with Gasteiger partial charge in [0.2, 0.25) is 17.7 Å². The number of fused-ring (bicyclic) bond motifs is 2. The number of imide groups is 1. The highest BCUT2D eigenvalue weighted by atomic mass is 16.6. The number of hydrogen-bond acceptors (Lipinski definition) is 9. The summed E-state index contributed by atoms with van der Waals surface area (Å²) in [5, 5.41) is 13.3. The Morgan fingerprint density at radius 3 is 2.45 bits per heavy atom. The zero-order valence-corrected chi connectivity index (χ0v) is 22.3. The molecule has 0 radical (unpaired) electrons. The van der Waals surface area contributed by atoms with Gasteiger partial charge in [0.1, 0.15) is 6.04 Å². The number of benzene rings is 1. The lowest BCUT2D eigenvalue weighted by Crippen LogP contribution is -2.66. The van der Waals surface area contributed by atoms with Gasteiger partial charge in [-0.25, -0.2) is 0 Å². The molecular formula is C28H31N7O5. The van der Waals surface area contributed by atoms with Crippen LogP contribution >= 0.6 is 0 Å². The Labute approximate surface area is 231 Å². The van der Waals surface area contributed by atoms with Crippen molar-refractivity contribution in [3.8, 4) is 0 Å². The van der Waals surface area contributed by atoms with Crippen LogP contribution in [0.3, 0.4) is 0 Å². The van der Waals surface area contributed by atoms with E-state index in [9.17, 15) is 24.5 Å². The van der Waals surface area contributed by atoms with Crippen LogP contribution in [-0.2, 0) is 19.8 Å². The lowest BCUT2D eigenvalue weighted by molar-refractivity contribution is -0.389. The summed E-state index contributed by atoms with van der Waals surface area (Å²) in [4.78, 5) is 61.3. The number of piperidine rings is 1. The van der Waals surface area contributed by atoms with Crippen LogP contribution in [0.2, 0.25) is 0 Å². The van der Waals surface area contributed by atoms with Gasteiger partial charge in [0.15, 0.2) is 6.20 Å². The Morgan fingerprint density at radius 1 is 1.02 bits per heavy atom. The van der Waals surface area contributed by atoms with E-state index >= 15 is 0 Å². The van der Waals surface area contributed by atoms with Gasteiger partial charge >= 0.3 is 5.82 Å². The van der Waals surface area contributed by atoms with Crippen LogP contribution in [0.4, 0.5) is 22.9 Å². The molecule has 1 unspecified atom stereocenters. The van der Waals surface area contributed by atoms with E-state index in [2.05, 4.69) is 38.0 Å². The molecule has 5 aliphatic rings. The first-order chi connectivity index (χ1) is 19.3. The van der Waals surface area contributed by atoms with Crippen molar-refractivity contribution in [2.45, 2.75) is 56.1 Å². The molecule has 0 bridgehead atoms. The van der Waals surface area contributed by atoms with Crippen molar-refractivity contribution in [3.05, 3.63) is 52.2 Å². The molecule has 40 heavy (non-hydrogen) atoms. The van der Waals surface area contributed by atoms with Gasteiger partial charge in [0.25, 0.3) is 0 Å². The standard InChI is InChI=1S/C28H31N7O5/c1-17-14-31(11-12-33(17)19-15-32(16-19)18-5-7-23(29-13-18)35(39)40)20-3-2-4-21-25(20)28(9-10-28)27(38)34(21)22-6-8-24(36)30-26(22)37/h2-5,7,13,17,19,22H,6,8-12,14-16H2,1H3,(H,30,36,37)/t17-,22?/m0/s1. The summed E-state index contributed by atoms with van der Waals surface area (Å²) in [7, 11) is 0. The van der Waals surface area contributed by atoms with Crippen LogP contribution in [0.5, 0.6) is 0 Å². The molecule has 2 aromatic rings. The van der Waals surface area contributed by atoms with Crippen molar-refractivity contribution in [2.75, 3.05) is 47.4 Å². The van der Waals surface area contributed by atoms with Crippen LogP contribution < -0.4 is 20.0 Å². The van der Waals surface area contributed by atoms with Crippen LogP contribution in [0.25, 0.3) is 0 Å². The van der Waals surface area contributed by atoms with Gasteiger partial charge < -0.3 is 19.9 Å². The number of rotatable bonds is 5. The Balaban J connectivity index is 1.06. The van der Waals surface area contributed by atoms with E-state index in [-0.39, 0.29) is 30.0 Å². The van der Waals surface area contributed by atoms with E-state index in [1.165, 1.54) is 6.07 Å². The van der Waals surface area contributed by atoms with Crippen LogP contribution in [-0.4, -0.2) is 83.4 Å². The van der Waals surface area contributed by atoms with Crippen molar-refractivity contribution < 1.29 is 19.3 Å². The van der Waals surface area contributed by atoms with E-state index in [1.54, 1.807) is 17.2 Å². The molecule has 4 aliphatic heterocycles. The SMILES string of the molecule is C[C@H]1CN(c2cccc3c2C2(CC2)C(=O)N3C2CCC(=O)NC2=O)CCN1C1CN(c2ccc([N+](=O)[O-])nc2)C1. The number of nitrogens with zero attached hydrogens (tertiary/aromatic N) is 6. The van der Waals surface area contributed by atoms with Crippen LogP contribution in [0, 0.1) is 10.1 Å². The number of aromatic nitrogens is 1. The zero-order valence-electron chi connectivity index (χ0n) is 22.3. The summed E-state index contributed by atoms with van der Waals surface area (Å²) in [5.74, 6) is -0.826. The molecule has 1 spiro atoms. The lowest BCUT2D eigenvalue weighted by Gasteiger charge is -2.52. The van der Waals surface area contributed by atoms with E-state index < -0.39 is 16.4 Å². The van der Waals surface area contributed by atoms with Crippen LogP contribution in [0.15, 0.2) is 36.5 Å². The topological polar surface area (TPSA) is 132 Å². The molecule has 1 saturated carbocycles. The smallest absolute Gasteiger partial charge is 0.363 e. The van der Waals surface area contributed by atoms with E-state index in [4.69, 9.17) is 0 Å². The highest BCUT2D eigenvalue weighted by Gasteiger charge is 2.62. The molecule has 2 atom stereocenters. The second-order valence-corrected chi connectivity index (χ2v) is 11.6. The maximum Gasteiger partial charge on any atom is 0.363 e. The van der Waals surface area contributed by atoms with E-state index in [0.29, 0.717) is 18.5 Å². The average Bonchev–Trinajstić information content (AvgIpc) is 3.67. The molecule has 12 nitrogen and oxygen atoms in total. The highest BCUT2D eigenvalue weighted by molar-refractivity contribution is 6.16. The molecule has 5 heterocycles. The molecule has 1 aromatic heterocycles. The maximum absolute atomic E-state index is 13.8. The Bertz CT molecular complexity index is 1420. The Kier molecular flexibility index (Phi) is 5.60. The molecule has 3 amide bonds. The van der Waals surface area contributed by atoms with Gasteiger partial charge in [-0.2, -0.15) is 0 Å². The summed E-state index contributed by atoms with van der Waals surface area (Å²) in [6.07, 6.45) is 3.72. The van der Waals surface area contributed by atoms with E-state index in [1.807, 2.05) is 12.1 Å². The number of amides is 3. The number of carbonyl (C=O) groups excluding carboxylic acids is 3. The fourth-order valence-electron chi connectivity index (χ4n) is 7.04. The number of pyridine rings is 1. The molecule has 7 rings (SSSR count). The average molecular weight is 546 g/mol. The quantitative estimate of drug-likeness (QED) is 0.338. The number of anilines is 3. The van der Waals surface area contributed by atoms with Crippen LogP contribution in [0.1, 0.15) is 38.2 Å². The van der Waals surface area contributed by atoms with Gasteiger partial charge in [-0.1, -0.05) is 6.07 Å². The van der Waals surface area contributed by atoms with E-state index in [0.717, 1.165) is 68.2 Å². The summed E-state index contributed by atoms with van der Waals surface area (Å²) in [5.41, 5.74) is 3.29. The molecule has 1 aromatic carbocycles. The monoisotopic (exact) mass is 545 g/mol. The van der Waals surface area contributed by atoms with Gasteiger partial charge in [-0.15, -0.1) is 0 Å². The Morgan fingerprint density at radius 2 is 1.80 bits per heavy atom. The zero-order chi connectivity index (χ0) is 27.8. The molecule has 1 N–H and O–H groups in total. The van der Waals surface area contributed by atoms with Crippen molar-refractivity contribution in [1.29, 1.82) is 0 Å². The number of hydrogen-bond donors (Lipinski definition) is 1. The third-order valence-electron chi connectivity index (χ3n) is 9.29. The molecule has 1 aliphatic carbocycles. The molecule has 4 fully saturated rings. The molecule has 12 heteroatoms. The molecule has 208 valence electrons. The summed E-state index contributed by atoms with van der Waals surface area (Å²) >= 11 is 0. The summed E-state index contributed by atoms with van der Waals surface area (Å²) in [6.45, 7) is 6.48. The number of piperazine rings is 1. The minimum absolute atomic E-state index is 0.00794. The minimum atomic E-state index is -0.650. The molecular weight excluding hydrogens is 514 g/mol. The highest BCUT2D eigenvalue weighted by Crippen LogP contribution is 2.61. The summed E-state index contributed by atoms with van der Waals surface area (Å²) in [6, 6.07) is 9.27. The second-order valence-electron chi connectivity index (χ2n) is 11.6. The first-order valence-corrected chi connectivity index (χ1v) is 13.9.